The van der Waals surface area contributed by atoms with Crippen LogP contribution in [0.5, 0.6) is 0 Å². The van der Waals surface area contributed by atoms with E-state index in [0.29, 0.717) is 0 Å². The molecule has 14 heavy (non-hydrogen) atoms. The van der Waals surface area contributed by atoms with Gasteiger partial charge in [0.1, 0.15) is 6.04 Å². The molecular formula is C6H8N4O4. The Morgan fingerprint density at radius 2 is 2.50 bits per heavy atom. The van der Waals surface area contributed by atoms with Gasteiger partial charge < -0.3 is 21.0 Å². The van der Waals surface area contributed by atoms with Gasteiger partial charge in [0.2, 0.25) is 0 Å². The lowest BCUT2D eigenvalue weighted by molar-refractivity contribution is -0.389. The van der Waals surface area contributed by atoms with Crippen molar-refractivity contribution in [2.24, 2.45) is 5.73 Å². The molecular weight excluding hydrogens is 192 g/mol. The molecule has 1 unspecified atom stereocenters. The van der Waals surface area contributed by atoms with Crippen LogP contribution in [-0.4, -0.2) is 31.8 Å². The molecule has 0 aliphatic carbocycles. The van der Waals surface area contributed by atoms with Crippen LogP contribution in [0, 0.1) is 10.1 Å². The number of rotatable bonds is 4. The first-order valence-corrected chi connectivity index (χ1v) is 3.67. The first-order chi connectivity index (χ1) is 6.50. The largest absolute Gasteiger partial charge is 0.480 e. The summed E-state index contributed by atoms with van der Waals surface area (Å²) in [6, 6.07) is 0.0590. The van der Waals surface area contributed by atoms with Gasteiger partial charge in [-0.15, -0.1) is 0 Å². The van der Waals surface area contributed by atoms with Crippen LogP contribution in [0.2, 0.25) is 0 Å². The van der Waals surface area contributed by atoms with Crippen LogP contribution in [0.3, 0.4) is 0 Å². The Balaban J connectivity index is 2.69. The van der Waals surface area contributed by atoms with Crippen LogP contribution in [-0.2, 0) is 11.3 Å². The standard InChI is InChI=1S/C6H8N4O4/c7-4(6(11)12)3-9-2-1-5(8-9)10(13)14/h1-2,4H,3,7H2,(H,11,12). The number of hydrogen-bond donors (Lipinski definition) is 2. The molecule has 0 bridgehead atoms. The third-order valence-electron chi connectivity index (χ3n) is 1.51. The lowest BCUT2D eigenvalue weighted by atomic mass is 10.3. The number of carboxylic acid groups (broad SMARTS) is 1. The zero-order valence-electron chi connectivity index (χ0n) is 7.03. The van der Waals surface area contributed by atoms with Crippen molar-refractivity contribution in [3.8, 4) is 0 Å². The minimum atomic E-state index is -1.18. The highest BCUT2D eigenvalue weighted by atomic mass is 16.6. The average Bonchev–Trinajstić information content (AvgIpc) is 2.52. The van der Waals surface area contributed by atoms with Crippen molar-refractivity contribution >= 4 is 11.8 Å². The molecule has 0 aliphatic heterocycles. The van der Waals surface area contributed by atoms with Crippen LogP contribution in [0.25, 0.3) is 0 Å². The second-order valence-corrected chi connectivity index (χ2v) is 2.60. The van der Waals surface area contributed by atoms with E-state index in [0.717, 1.165) is 4.68 Å². The maximum Gasteiger partial charge on any atom is 0.389 e. The molecule has 0 amide bonds. The summed E-state index contributed by atoms with van der Waals surface area (Å²) < 4.78 is 1.12. The number of carbonyl (C=O) groups is 1. The van der Waals surface area contributed by atoms with Gasteiger partial charge in [0.25, 0.3) is 0 Å². The molecule has 1 aromatic rings. The summed E-state index contributed by atoms with van der Waals surface area (Å²) in [4.78, 5) is 19.9. The molecule has 0 aromatic carbocycles. The van der Waals surface area contributed by atoms with Gasteiger partial charge in [0, 0.05) is 0 Å². The quantitative estimate of drug-likeness (QED) is 0.484. The fraction of sp³-hybridized carbons (Fsp3) is 0.333. The van der Waals surface area contributed by atoms with Crippen LogP contribution in [0.15, 0.2) is 12.3 Å². The van der Waals surface area contributed by atoms with E-state index >= 15 is 0 Å². The molecule has 3 N–H and O–H groups in total. The van der Waals surface area contributed by atoms with Crippen molar-refractivity contribution in [3.63, 3.8) is 0 Å². The summed E-state index contributed by atoms with van der Waals surface area (Å²) in [5, 5.41) is 22.2. The second kappa shape index (κ2) is 3.83. The van der Waals surface area contributed by atoms with Gasteiger partial charge in [-0.1, -0.05) is 0 Å². The number of aromatic nitrogens is 2. The van der Waals surface area contributed by atoms with Crippen LogP contribution < -0.4 is 5.73 Å². The Labute approximate surface area is 78.1 Å². The van der Waals surface area contributed by atoms with Gasteiger partial charge >= 0.3 is 11.8 Å². The second-order valence-electron chi connectivity index (χ2n) is 2.60. The van der Waals surface area contributed by atoms with Crippen molar-refractivity contribution in [1.29, 1.82) is 0 Å². The summed E-state index contributed by atoms with van der Waals surface area (Å²) in [6.07, 6.45) is 1.31. The van der Waals surface area contributed by atoms with E-state index in [1.807, 2.05) is 0 Å². The number of aliphatic carboxylic acids is 1. The van der Waals surface area contributed by atoms with Gasteiger partial charge in [0.15, 0.2) is 0 Å². The van der Waals surface area contributed by atoms with Gasteiger partial charge in [-0.25, -0.2) is 0 Å². The fourth-order valence-electron chi connectivity index (χ4n) is 0.830. The highest BCUT2D eigenvalue weighted by molar-refractivity contribution is 5.72. The minimum absolute atomic E-state index is 0.0941. The molecule has 0 aliphatic rings. The number of nitro groups is 1. The summed E-state index contributed by atoms with van der Waals surface area (Å²) in [7, 11) is 0. The maximum absolute atomic E-state index is 10.3. The third kappa shape index (κ3) is 2.26. The monoisotopic (exact) mass is 200 g/mol. The van der Waals surface area contributed by atoms with Crippen molar-refractivity contribution < 1.29 is 14.8 Å². The first kappa shape index (κ1) is 10.1. The summed E-state index contributed by atoms with van der Waals surface area (Å²) in [5.41, 5.74) is 5.20. The Hall–Kier alpha value is -1.96. The highest BCUT2D eigenvalue weighted by Crippen LogP contribution is 2.05. The molecule has 0 spiro atoms. The Morgan fingerprint density at radius 3 is 2.93 bits per heavy atom. The minimum Gasteiger partial charge on any atom is -0.480 e. The Bertz CT molecular complexity index is 360. The zero-order valence-corrected chi connectivity index (χ0v) is 7.03. The number of nitrogens with two attached hydrogens (primary N) is 1. The predicted molar refractivity (Wildman–Crippen MR) is 44.5 cm³/mol. The molecule has 1 aromatic heterocycles. The Kier molecular flexibility index (Phi) is 2.77. The van der Waals surface area contributed by atoms with E-state index in [2.05, 4.69) is 5.10 Å². The molecule has 0 saturated heterocycles. The van der Waals surface area contributed by atoms with Crippen LogP contribution in [0.4, 0.5) is 5.82 Å². The third-order valence-corrected chi connectivity index (χ3v) is 1.51. The molecule has 0 radical (unpaired) electrons. The molecule has 0 fully saturated rings. The van der Waals surface area contributed by atoms with Crippen LogP contribution >= 0.6 is 0 Å². The Morgan fingerprint density at radius 1 is 1.86 bits per heavy atom. The highest BCUT2D eigenvalue weighted by Gasteiger charge is 2.17. The van der Waals surface area contributed by atoms with E-state index < -0.39 is 16.9 Å². The van der Waals surface area contributed by atoms with Crippen molar-refractivity contribution in [3.05, 3.63) is 22.4 Å². The number of hydrogen-bond acceptors (Lipinski definition) is 5. The maximum atomic E-state index is 10.3. The smallest absolute Gasteiger partial charge is 0.389 e. The average molecular weight is 200 g/mol. The molecule has 8 heteroatoms. The molecule has 1 rings (SSSR count). The van der Waals surface area contributed by atoms with E-state index in [1.165, 1.54) is 12.3 Å². The molecule has 0 saturated carbocycles. The van der Waals surface area contributed by atoms with E-state index in [-0.39, 0.29) is 12.4 Å². The fourth-order valence-corrected chi connectivity index (χ4v) is 0.830. The predicted octanol–water partition coefficient (Wildman–Crippen LogP) is -0.797. The van der Waals surface area contributed by atoms with Gasteiger partial charge in [-0.05, 0) is 4.92 Å². The topological polar surface area (TPSA) is 124 Å². The molecule has 1 heterocycles. The normalized spacial score (nSPS) is 12.4. The van der Waals surface area contributed by atoms with Crippen molar-refractivity contribution in [1.82, 2.24) is 9.78 Å². The summed E-state index contributed by atoms with van der Waals surface area (Å²) in [5.74, 6) is -1.51. The van der Waals surface area contributed by atoms with Crippen LogP contribution in [0.1, 0.15) is 0 Å². The van der Waals surface area contributed by atoms with E-state index in [9.17, 15) is 14.9 Å². The molecule has 76 valence electrons. The molecule has 8 nitrogen and oxygen atoms in total. The van der Waals surface area contributed by atoms with Gasteiger partial charge in [-0.2, -0.15) is 4.68 Å². The van der Waals surface area contributed by atoms with E-state index in [4.69, 9.17) is 10.8 Å². The van der Waals surface area contributed by atoms with Crippen molar-refractivity contribution in [2.75, 3.05) is 0 Å². The SMILES string of the molecule is NC(Cn1ccc([N+](=O)[O-])n1)C(=O)O. The van der Waals surface area contributed by atoms with Gasteiger partial charge in [0.05, 0.1) is 23.9 Å². The summed E-state index contributed by atoms with van der Waals surface area (Å²) >= 11 is 0. The number of nitrogens with zero attached hydrogens (tertiary/aromatic N) is 3. The first-order valence-electron chi connectivity index (χ1n) is 3.67. The number of carboxylic acids is 1. The lowest BCUT2D eigenvalue weighted by Crippen LogP contribution is -2.34. The lowest BCUT2D eigenvalue weighted by Gasteiger charge is -2.01. The van der Waals surface area contributed by atoms with E-state index in [1.54, 1.807) is 0 Å². The zero-order chi connectivity index (χ0) is 10.7. The van der Waals surface area contributed by atoms with Gasteiger partial charge in [-0.3, -0.25) is 4.79 Å². The van der Waals surface area contributed by atoms with Crippen molar-refractivity contribution in [2.45, 2.75) is 12.6 Å². The molecule has 1 atom stereocenters. The summed E-state index contributed by atoms with van der Waals surface area (Å²) in [6.45, 7) is -0.0941.